The molecule has 1 aromatic heterocycles. The zero-order chi connectivity index (χ0) is 24.0. The van der Waals surface area contributed by atoms with Gasteiger partial charge < -0.3 is 4.57 Å². The molecule has 0 fully saturated rings. The van der Waals surface area contributed by atoms with Gasteiger partial charge in [0.25, 0.3) is 0 Å². The van der Waals surface area contributed by atoms with E-state index in [1.54, 1.807) is 0 Å². The lowest BCUT2D eigenvalue weighted by Gasteiger charge is -2.22. The number of benzene rings is 4. The second-order valence-corrected chi connectivity index (χ2v) is 9.85. The maximum atomic E-state index is 2.41. The average molecular weight is 441 g/mol. The number of hydrogen-bond donors (Lipinski definition) is 0. The molecule has 5 rings (SSSR count). The number of aryl methyl sites for hydroxylation is 6. The molecule has 0 N–H and O–H groups in total. The number of hydrogen-bond acceptors (Lipinski definition) is 0. The highest BCUT2D eigenvalue weighted by atomic mass is 14.9. The fraction of sp³-hybridized carbons (Fsp3) is 0.188. The summed E-state index contributed by atoms with van der Waals surface area (Å²) in [6, 6.07) is 26.7. The maximum Gasteiger partial charge on any atom is 0.236 e. The largest absolute Gasteiger partial charge is 0.317 e. The van der Waals surface area contributed by atoms with Crippen molar-refractivity contribution < 1.29 is 0 Å². The second-order valence-electron chi connectivity index (χ2n) is 9.85. The van der Waals surface area contributed by atoms with Crippen molar-refractivity contribution in [3.8, 4) is 0 Å². The van der Waals surface area contributed by atoms with Crippen LogP contribution in [0.3, 0.4) is 0 Å². The van der Waals surface area contributed by atoms with Crippen molar-refractivity contribution in [2.75, 3.05) is 0 Å². The van der Waals surface area contributed by atoms with Gasteiger partial charge in [-0.25, -0.2) is 0 Å². The van der Waals surface area contributed by atoms with Crippen LogP contribution in [0.4, 0.5) is 0 Å². The zero-order valence-corrected chi connectivity index (χ0v) is 21.1. The lowest BCUT2D eigenvalue weighted by Crippen LogP contribution is -2.46. The summed E-state index contributed by atoms with van der Waals surface area (Å²) in [6.07, 6.45) is 2.30. The van der Waals surface area contributed by atoms with Crippen LogP contribution in [0.5, 0.6) is 0 Å². The Bertz CT molecular complexity index is 1410. The van der Waals surface area contributed by atoms with Gasteiger partial charge >= 0.3 is 0 Å². The molecule has 0 aliphatic carbocycles. The molecule has 0 unspecified atom stereocenters. The molecular formula is C32H32BN. The molecule has 0 atom stereocenters. The molecule has 2 heteroatoms. The van der Waals surface area contributed by atoms with Gasteiger partial charge in [0.05, 0.1) is 11.0 Å². The quantitative estimate of drug-likeness (QED) is 0.266. The first-order valence-corrected chi connectivity index (χ1v) is 12.2. The number of aromatic nitrogens is 1. The summed E-state index contributed by atoms with van der Waals surface area (Å²) >= 11 is 0. The minimum absolute atomic E-state index is 0.182. The third-order valence-electron chi connectivity index (χ3n) is 7.14. The Labute approximate surface area is 203 Å². The lowest BCUT2D eigenvalue weighted by molar-refractivity contribution is 1.29. The van der Waals surface area contributed by atoms with E-state index in [4.69, 9.17) is 0 Å². The molecule has 1 heterocycles. The van der Waals surface area contributed by atoms with E-state index in [2.05, 4.69) is 131 Å². The number of rotatable bonds is 4. The first-order valence-electron chi connectivity index (χ1n) is 12.2. The Balaban J connectivity index is 1.77. The molecule has 0 saturated heterocycles. The van der Waals surface area contributed by atoms with E-state index >= 15 is 0 Å². The second kappa shape index (κ2) is 8.68. The van der Waals surface area contributed by atoms with Crippen molar-refractivity contribution in [3.63, 3.8) is 0 Å². The van der Waals surface area contributed by atoms with Crippen LogP contribution in [-0.2, 0) is 0 Å². The molecule has 0 saturated carbocycles. The van der Waals surface area contributed by atoms with Crippen LogP contribution >= 0.6 is 0 Å². The Kier molecular flexibility index (Phi) is 5.69. The van der Waals surface area contributed by atoms with Crippen molar-refractivity contribution in [1.29, 1.82) is 0 Å². The summed E-state index contributed by atoms with van der Waals surface area (Å²) in [7, 11) is 0. The van der Waals surface area contributed by atoms with Crippen molar-refractivity contribution in [1.82, 2.24) is 4.57 Å². The van der Waals surface area contributed by atoms with Gasteiger partial charge in [-0.2, -0.15) is 0 Å². The summed E-state index contributed by atoms with van der Waals surface area (Å²) in [5, 5.41) is 2.59. The monoisotopic (exact) mass is 441 g/mol. The fourth-order valence-corrected chi connectivity index (χ4v) is 5.99. The molecule has 0 aliphatic heterocycles. The molecule has 34 heavy (non-hydrogen) atoms. The Hall–Kier alpha value is -3.52. The summed E-state index contributed by atoms with van der Waals surface area (Å²) in [5.74, 6) is 2.41. The first-order chi connectivity index (χ1) is 16.3. The highest BCUT2D eigenvalue weighted by Crippen LogP contribution is 2.29. The smallest absolute Gasteiger partial charge is 0.236 e. The summed E-state index contributed by atoms with van der Waals surface area (Å²) in [5.41, 5.74) is 13.4. The predicted molar refractivity (Wildman–Crippen MR) is 151 cm³/mol. The predicted octanol–water partition coefficient (Wildman–Crippen LogP) is 6.96. The lowest BCUT2D eigenvalue weighted by atomic mass is 9.37. The van der Waals surface area contributed by atoms with Crippen molar-refractivity contribution in [2.45, 2.75) is 41.5 Å². The van der Waals surface area contributed by atoms with Crippen LogP contribution in [0.2, 0.25) is 0 Å². The van der Waals surface area contributed by atoms with Crippen LogP contribution in [0.1, 0.15) is 33.4 Å². The van der Waals surface area contributed by atoms with Gasteiger partial charge in [-0.05, 0) is 59.9 Å². The molecule has 0 spiro atoms. The third-order valence-corrected chi connectivity index (χ3v) is 7.14. The molecule has 4 aromatic carbocycles. The number of nitrogens with zero attached hydrogens (tertiary/aromatic N) is 1. The number of para-hydroxylation sites is 2. The Morgan fingerprint density at radius 3 is 1.35 bits per heavy atom. The van der Waals surface area contributed by atoms with Gasteiger partial charge in [0.1, 0.15) is 0 Å². The molecule has 0 aliphatic rings. The van der Waals surface area contributed by atoms with Crippen molar-refractivity contribution in [3.05, 3.63) is 112 Å². The maximum absolute atomic E-state index is 2.41. The van der Waals surface area contributed by atoms with Gasteiger partial charge in [-0.3, -0.25) is 0 Å². The first kappa shape index (κ1) is 22.3. The minimum Gasteiger partial charge on any atom is -0.317 e. The summed E-state index contributed by atoms with van der Waals surface area (Å²) in [6.45, 7) is 13.6. The van der Waals surface area contributed by atoms with E-state index in [0.717, 1.165) is 0 Å². The topological polar surface area (TPSA) is 4.93 Å². The molecule has 168 valence electrons. The standard InChI is InChI=1S/C32H32BN/c1-21-17-23(3)31(24(4)18-21)33(32-25(5)19-22(2)20-26(32)6)15-16-34-29-13-9-7-11-27(29)28-12-8-10-14-30(28)34/h7-20H,1-6H3/b16-15+. The minimum atomic E-state index is 0.182. The van der Waals surface area contributed by atoms with Gasteiger partial charge in [0.15, 0.2) is 0 Å². The highest BCUT2D eigenvalue weighted by molar-refractivity contribution is 6.90. The Morgan fingerprint density at radius 1 is 0.559 bits per heavy atom. The van der Waals surface area contributed by atoms with Crippen LogP contribution in [0.15, 0.2) is 78.8 Å². The Morgan fingerprint density at radius 2 is 0.941 bits per heavy atom. The van der Waals surface area contributed by atoms with Gasteiger partial charge in [0.2, 0.25) is 6.71 Å². The number of fused-ring (bicyclic) bond motifs is 3. The highest BCUT2D eigenvalue weighted by Gasteiger charge is 2.24. The van der Waals surface area contributed by atoms with E-state index in [1.165, 1.54) is 66.1 Å². The van der Waals surface area contributed by atoms with Gasteiger partial charge in [0, 0.05) is 10.8 Å². The van der Waals surface area contributed by atoms with E-state index in [1.807, 2.05) is 0 Å². The fourth-order valence-electron chi connectivity index (χ4n) is 5.99. The summed E-state index contributed by atoms with van der Waals surface area (Å²) in [4.78, 5) is 0. The van der Waals surface area contributed by atoms with Crippen LogP contribution in [0.25, 0.3) is 28.0 Å². The van der Waals surface area contributed by atoms with Crippen LogP contribution in [-0.4, -0.2) is 11.3 Å². The molecule has 0 bridgehead atoms. The van der Waals surface area contributed by atoms with E-state index < -0.39 is 0 Å². The van der Waals surface area contributed by atoms with Crippen LogP contribution < -0.4 is 10.9 Å². The van der Waals surface area contributed by atoms with Crippen molar-refractivity contribution in [2.24, 2.45) is 0 Å². The molecular weight excluding hydrogens is 409 g/mol. The molecule has 0 amide bonds. The normalized spacial score (nSPS) is 11.7. The molecule has 1 nitrogen and oxygen atoms in total. The van der Waals surface area contributed by atoms with E-state index in [0.29, 0.717) is 0 Å². The SMILES string of the molecule is Cc1cc(C)c(B(/C=C/n2c3ccccc3c3ccccc32)c2c(C)cc(C)cc2C)c(C)c1. The summed E-state index contributed by atoms with van der Waals surface area (Å²) < 4.78 is 2.36. The van der Waals surface area contributed by atoms with Crippen molar-refractivity contribution >= 4 is 45.6 Å². The van der Waals surface area contributed by atoms with E-state index in [-0.39, 0.29) is 6.71 Å². The van der Waals surface area contributed by atoms with Gasteiger partial charge in [-0.1, -0.05) is 111 Å². The molecule has 5 aromatic rings. The van der Waals surface area contributed by atoms with Gasteiger partial charge in [-0.15, -0.1) is 0 Å². The average Bonchev–Trinajstić information content (AvgIpc) is 3.09. The third kappa shape index (κ3) is 3.78. The zero-order valence-electron chi connectivity index (χ0n) is 21.1. The van der Waals surface area contributed by atoms with Crippen LogP contribution in [0, 0.1) is 41.5 Å². The van der Waals surface area contributed by atoms with E-state index in [9.17, 15) is 0 Å². The molecule has 0 radical (unpaired) electrons.